The number of aromatic nitrogens is 1. The fraction of sp³-hybridized carbons (Fsp3) is 0.333. The molecule has 0 spiro atoms. The monoisotopic (exact) mass is 183 g/mol. The van der Waals surface area contributed by atoms with Crippen LogP contribution in [0.3, 0.4) is 0 Å². The third-order valence-corrected chi connectivity index (χ3v) is 1.90. The van der Waals surface area contributed by atoms with E-state index in [-0.39, 0.29) is 11.3 Å². The first kappa shape index (κ1) is 9.64. The normalized spacial score (nSPS) is 10.1. The molecule has 0 aliphatic rings. The molecule has 1 rings (SSSR count). The van der Waals surface area contributed by atoms with Crippen molar-refractivity contribution in [1.29, 1.82) is 0 Å². The zero-order chi connectivity index (χ0) is 10.0. The van der Waals surface area contributed by atoms with E-state index in [0.717, 1.165) is 5.56 Å². The topological polar surface area (TPSA) is 50.2 Å². The van der Waals surface area contributed by atoms with Crippen molar-refractivity contribution in [1.82, 2.24) is 4.98 Å². The number of alkyl halides is 1. The summed E-state index contributed by atoms with van der Waals surface area (Å²) in [4.78, 5) is 14.5. The minimum Gasteiger partial charge on any atom is -0.478 e. The Balaban J connectivity index is 3.33. The van der Waals surface area contributed by atoms with Crippen molar-refractivity contribution in [3.05, 3.63) is 28.6 Å². The Hall–Kier alpha value is -1.45. The van der Waals surface area contributed by atoms with Crippen LogP contribution in [0.1, 0.15) is 27.3 Å². The van der Waals surface area contributed by atoms with Gasteiger partial charge in [0, 0.05) is 5.69 Å². The summed E-state index contributed by atoms with van der Waals surface area (Å²) >= 11 is 0. The molecule has 70 valence electrons. The summed E-state index contributed by atoms with van der Waals surface area (Å²) in [5.74, 6) is -1.14. The summed E-state index contributed by atoms with van der Waals surface area (Å²) in [6, 6.07) is 1.44. The molecule has 0 atom stereocenters. The van der Waals surface area contributed by atoms with Gasteiger partial charge in [-0.05, 0) is 25.5 Å². The van der Waals surface area contributed by atoms with Crippen LogP contribution in [-0.2, 0) is 6.67 Å². The number of carboxylic acid groups (broad SMARTS) is 1. The molecule has 0 saturated carbocycles. The lowest BCUT2D eigenvalue weighted by molar-refractivity contribution is 0.0694. The van der Waals surface area contributed by atoms with Crippen LogP contribution in [-0.4, -0.2) is 16.1 Å². The quantitative estimate of drug-likeness (QED) is 0.761. The molecule has 0 aliphatic carbocycles. The average Bonchev–Trinajstić information content (AvgIpc) is 2.08. The number of carbonyl (C=O) groups is 1. The van der Waals surface area contributed by atoms with Crippen molar-refractivity contribution < 1.29 is 14.3 Å². The summed E-state index contributed by atoms with van der Waals surface area (Å²) in [5.41, 5.74) is 1.37. The number of aromatic carboxylic acids is 1. The third-order valence-electron chi connectivity index (χ3n) is 1.90. The van der Waals surface area contributed by atoms with Gasteiger partial charge >= 0.3 is 5.97 Å². The molecule has 0 saturated heterocycles. The highest BCUT2D eigenvalue weighted by Gasteiger charge is 2.12. The Morgan fingerprint density at radius 1 is 1.62 bits per heavy atom. The number of hydrogen-bond donors (Lipinski definition) is 1. The second-order valence-electron chi connectivity index (χ2n) is 2.82. The highest BCUT2D eigenvalue weighted by molar-refractivity contribution is 5.89. The summed E-state index contributed by atoms with van der Waals surface area (Å²) in [6.07, 6.45) is 0. The number of carboxylic acids is 1. The van der Waals surface area contributed by atoms with E-state index in [9.17, 15) is 9.18 Å². The van der Waals surface area contributed by atoms with Crippen LogP contribution < -0.4 is 0 Å². The van der Waals surface area contributed by atoms with E-state index in [0.29, 0.717) is 5.69 Å². The van der Waals surface area contributed by atoms with Gasteiger partial charge in [0.15, 0.2) is 0 Å². The number of aryl methyl sites for hydroxylation is 2. The van der Waals surface area contributed by atoms with Crippen LogP contribution >= 0.6 is 0 Å². The molecule has 0 unspecified atom stereocenters. The van der Waals surface area contributed by atoms with Gasteiger partial charge in [-0.3, -0.25) is 4.98 Å². The fourth-order valence-corrected chi connectivity index (χ4v) is 1.04. The maximum atomic E-state index is 12.3. The fourth-order valence-electron chi connectivity index (χ4n) is 1.04. The highest BCUT2D eigenvalue weighted by Crippen LogP contribution is 2.13. The van der Waals surface area contributed by atoms with E-state index in [1.54, 1.807) is 13.8 Å². The van der Waals surface area contributed by atoms with Crippen LogP contribution in [0.2, 0.25) is 0 Å². The molecule has 0 aromatic carbocycles. The molecule has 4 heteroatoms. The Morgan fingerprint density at radius 3 is 2.69 bits per heavy atom. The number of rotatable bonds is 2. The molecule has 0 aliphatic heterocycles. The zero-order valence-corrected chi connectivity index (χ0v) is 7.47. The van der Waals surface area contributed by atoms with E-state index in [2.05, 4.69) is 4.98 Å². The van der Waals surface area contributed by atoms with E-state index >= 15 is 0 Å². The minimum absolute atomic E-state index is 0.00407. The standard InChI is InChI=1S/C9H10FNO2/c1-5-3-7(9(12)13)8(4-10)11-6(5)2/h3H,4H2,1-2H3,(H,12,13). The SMILES string of the molecule is Cc1cc(C(=O)O)c(CF)nc1C. The second-order valence-corrected chi connectivity index (χ2v) is 2.82. The van der Waals surface area contributed by atoms with Gasteiger partial charge in [0.05, 0.1) is 11.3 Å². The Bertz CT molecular complexity index is 350. The predicted octanol–water partition coefficient (Wildman–Crippen LogP) is 1.87. The molecule has 1 heterocycles. The zero-order valence-electron chi connectivity index (χ0n) is 7.47. The van der Waals surface area contributed by atoms with Gasteiger partial charge in [-0.1, -0.05) is 0 Å². The van der Waals surface area contributed by atoms with Crippen LogP contribution in [0, 0.1) is 13.8 Å². The van der Waals surface area contributed by atoms with Gasteiger partial charge in [-0.2, -0.15) is 0 Å². The van der Waals surface area contributed by atoms with Crippen molar-refractivity contribution >= 4 is 5.97 Å². The maximum Gasteiger partial charge on any atom is 0.337 e. The van der Waals surface area contributed by atoms with Crippen molar-refractivity contribution in [2.24, 2.45) is 0 Å². The lowest BCUT2D eigenvalue weighted by Gasteiger charge is -2.05. The first-order valence-corrected chi connectivity index (χ1v) is 3.82. The molecule has 0 radical (unpaired) electrons. The molecule has 0 amide bonds. The predicted molar refractivity (Wildman–Crippen MR) is 45.5 cm³/mol. The van der Waals surface area contributed by atoms with E-state index < -0.39 is 12.6 Å². The number of pyridine rings is 1. The summed E-state index contributed by atoms with van der Waals surface area (Å²) in [6.45, 7) is 2.62. The van der Waals surface area contributed by atoms with Crippen molar-refractivity contribution in [2.45, 2.75) is 20.5 Å². The van der Waals surface area contributed by atoms with Gasteiger partial charge in [0.1, 0.15) is 6.67 Å². The van der Waals surface area contributed by atoms with Gasteiger partial charge < -0.3 is 5.11 Å². The average molecular weight is 183 g/mol. The minimum atomic E-state index is -1.14. The molecule has 0 bridgehead atoms. The van der Waals surface area contributed by atoms with Crippen LogP contribution in [0.25, 0.3) is 0 Å². The molecule has 0 fully saturated rings. The van der Waals surface area contributed by atoms with Gasteiger partial charge in [0.2, 0.25) is 0 Å². The Labute approximate surface area is 75.2 Å². The van der Waals surface area contributed by atoms with E-state index in [1.165, 1.54) is 6.07 Å². The molecule has 1 aromatic rings. The van der Waals surface area contributed by atoms with Crippen molar-refractivity contribution in [2.75, 3.05) is 0 Å². The molecule has 13 heavy (non-hydrogen) atoms. The second kappa shape index (κ2) is 3.51. The first-order valence-electron chi connectivity index (χ1n) is 3.82. The Kier molecular flexibility index (Phi) is 2.60. The molecular formula is C9H10FNO2. The lowest BCUT2D eigenvalue weighted by Crippen LogP contribution is -2.06. The molecule has 3 nitrogen and oxygen atoms in total. The van der Waals surface area contributed by atoms with Gasteiger partial charge in [0.25, 0.3) is 0 Å². The molecule has 1 aromatic heterocycles. The third kappa shape index (κ3) is 1.83. The Morgan fingerprint density at radius 2 is 2.23 bits per heavy atom. The number of halogens is 1. The first-order chi connectivity index (χ1) is 6.06. The van der Waals surface area contributed by atoms with Gasteiger partial charge in [-0.15, -0.1) is 0 Å². The number of nitrogens with zero attached hydrogens (tertiary/aromatic N) is 1. The summed E-state index contributed by atoms with van der Waals surface area (Å²) < 4.78 is 12.3. The maximum absolute atomic E-state index is 12.3. The van der Waals surface area contributed by atoms with Crippen molar-refractivity contribution in [3.63, 3.8) is 0 Å². The van der Waals surface area contributed by atoms with Crippen LogP contribution in [0.15, 0.2) is 6.07 Å². The van der Waals surface area contributed by atoms with Crippen LogP contribution in [0.5, 0.6) is 0 Å². The molecule has 1 N–H and O–H groups in total. The van der Waals surface area contributed by atoms with Crippen LogP contribution in [0.4, 0.5) is 4.39 Å². The summed E-state index contributed by atoms with van der Waals surface area (Å²) in [7, 11) is 0. The highest BCUT2D eigenvalue weighted by atomic mass is 19.1. The lowest BCUT2D eigenvalue weighted by atomic mass is 10.1. The number of hydrogen-bond acceptors (Lipinski definition) is 2. The van der Waals surface area contributed by atoms with E-state index in [4.69, 9.17) is 5.11 Å². The largest absolute Gasteiger partial charge is 0.478 e. The summed E-state index contributed by atoms with van der Waals surface area (Å²) in [5, 5.41) is 8.71. The van der Waals surface area contributed by atoms with E-state index in [1.807, 2.05) is 0 Å². The van der Waals surface area contributed by atoms with Gasteiger partial charge in [-0.25, -0.2) is 9.18 Å². The van der Waals surface area contributed by atoms with Crippen molar-refractivity contribution in [3.8, 4) is 0 Å². The smallest absolute Gasteiger partial charge is 0.337 e. The molecular weight excluding hydrogens is 173 g/mol.